The highest BCUT2D eigenvalue weighted by atomic mass is 35.5. The molecule has 0 bridgehead atoms. The molecule has 0 aliphatic carbocycles. The average Bonchev–Trinajstić information content (AvgIpc) is 3.05. The van der Waals surface area contributed by atoms with E-state index in [4.69, 9.17) is 16.0 Å². The maximum atomic E-state index is 13.9. The molecule has 3 nitrogen and oxygen atoms in total. The van der Waals surface area contributed by atoms with Crippen molar-refractivity contribution in [1.82, 2.24) is 10.2 Å². The predicted molar refractivity (Wildman–Crippen MR) is 82.1 cm³/mol. The molecule has 2 aromatic heterocycles. The van der Waals surface area contributed by atoms with Gasteiger partial charge in [-0.1, -0.05) is 24.6 Å². The molecule has 0 saturated carbocycles. The van der Waals surface area contributed by atoms with Crippen molar-refractivity contribution in [3.05, 3.63) is 45.5 Å². The van der Waals surface area contributed by atoms with E-state index in [1.165, 1.54) is 22.6 Å². The highest BCUT2D eigenvalue weighted by molar-refractivity contribution is 7.15. The Labute approximate surface area is 130 Å². The van der Waals surface area contributed by atoms with Crippen LogP contribution in [-0.2, 0) is 6.42 Å². The third-order valence-corrected chi connectivity index (χ3v) is 4.84. The molecule has 0 spiro atoms. The number of aromatic nitrogens is 2. The zero-order valence-electron chi connectivity index (χ0n) is 11.5. The summed E-state index contributed by atoms with van der Waals surface area (Å²) in [5.41, 5.74) is 1.34. The van der Waals surface area contributed by atoms with Crippen molar-refractivity contribution in [3.8, 4) is 22.2 Å². The van der Waals surface area contributed by atoms with Crippen LogP contribution in [0.25, 0.3) is 22.2 Å². The Morgan fingerprint density at radius 3 is 2.71 bits per heavy atom. The Morgan fingerprint density at radius 1 is 1.29 bits per heavy atom. The van der Waals surface area contributed by atoms with Gasteiger partial charge in [0, 0.05) is 4.88 Å². The number of thiophene rings is 1. The molecule has 3 aromatic rings. The number of rotatable bonds is 3. The van der Waals surface area contributed by atoms with E-state index >= 15 is 0 Å². The molecule has 0 aliphatic heterocycles. The maximum absolute atomic E-state index is 13.9. The van der Waals surface area contributed by atoms with E-state index in [1.807, 2.05) is 13.0 Å². The molecule has 0 fully saturated rings. The number of hydrogen-bond acceptors (Lipinski definition) is 4. The molecule has 0 unspecified atom stereocenters. The molecule has 108 valence electrons. The number of hydrogen-bond donors (Lipinski definition) is 0. The molecule has 1 aromatic carbocycles. The molecule has 6 heteroatoms. The predicted octanol–water partition coefficient (Wildman–Crippen LogP) is 5.13. The van der Waals surface area contributed by atoms with Crippen molar-refractivity contribution in [2.24, 2.45) is 0 Å². The Morgan fingerprint density at radius 2 is 2.05 bits per heavy atom. The largest absolute Gasteiger partial charge is 0.415 e. The second-order valence-electron chi connectivity index (χ2n) is 4.58. The van der Waals surface area contributed by atoms with Crippen molar-refractivity contribution >= 4 is 22.9 Å². The molecule has 0 saturated heterocycles. The van der Waals surface area contributed by atoms with Gasteiger partial charge in [0.15, 0.2) is 0 Å². The fourth-order valence-electron chi connectivity index (χ4n) is 2.10. The average molecular weight is 323 g/mol. The Hall–Kier alpha value is -1.72. The summed E-state index contributed by atoms with van der Waals surface area (Å²) in [6.07, 6.45) is 0.955. The van der Waals surface area contributed by atoms with E-state index in [0.29, 0.717) is 5.89 Å². The number of benzene rings is 1. The van der Waals surface area contributed by atoms with Gasteiger partial charge in [0.05, 0.1) is 15.5 Å². The van der Waals surface area contributed by atoms with Gasteiger partial charge in [0.2, 0.25) is 0 Å². The van der Waals surface area contributed by atoms with Crippen molar-refractivity contribution in [1.29, 1.82) is 0 Å². The van der Waals surface area contributed by atoms with Crippen LogP contribution in [0.1, 0.15) is 17.4 Å². The summed E-state index contributed by atoms with van der Waals surface area (Å²) in [7, 11) is 0. The molecule has 21 heavy (non-hydrogen) atoms. The Bertz CT molecular complexity index is 777. The first-order valence-electron chi connectivity index (χ1n) is 6.47. The van der Waals surface area contributed by atoms with Crippen LogP contribution in [0.2, 0.25) is 5.02 Å². The number of halogens is 2. The lowest BCUT2D eigenvalue weighted by Gasteiger charge is -1.99. The monoisotopic (exact) mass is 322 g/mol. The van der Waals surface area contributed by atoms with E-state index in [9.17, 15) is 4.39 Å². The van der Waals surface area contributed by atoms with E-state index in [1.54, 1.807) is 17.4 Å². The minimum Gasteiger partial charge on any atom is -0.415 e. The maximum Gasteiger partial charge on any atom is 0.258 e. The van der Waals surface area contributed by atoms with Crippen LogP contribution in [0.15, 0.2) is 28.7 Å². The lowest BCUT2D eigenvalue weighted by Crippen LogP contribution is -1.85. The second kappa shape index (κ2) is 5.58. The summed E-state index contributed by atoms with van der Waals surface area (Å²) in [5.74, 6) is 0.00336. The van der Waals surface area contributed by atoms with Gasteiger partial charge < -0.3 is 4.42 Å². The summed E-state index contributed by atoms with van der Waals surface area (Å²) < 4.78 is 19.5. The Balaban J connectivity index is 2.04. The first-order chi connectivity index (χ1) is 10.1. The summed E-state index contributed by atoms with van der Waals surface area (Å²) in [6, 6.07) is 6.45. The van der Waals surface area contributed by atoms with Gasteiger partial charge >= 0.3 is 0 Å². The third kappa shape index (κ3) is 2.59. The molecule has 0 aliphatic rings. The summed E-state index contributed by atoms with van der Waals surface area (Å²) in [6.45, 7) is 4.14. The number of nitrogens with zero attached hydrogens (tertiary/aromatic N) is 2. The normalized spacial score (nSPS) is 11.0. The van der Waals surface area contributed by atoms with Gasteiger partial charge in [-0.25, -0.2) is 4.39 Å². The number of aryl methyl sites for hydroxylation is 2. The van der Waals surface area contributed by atoms with E-state index < -0.39 is 5.82 Å². The summed E-state index contributed by atoms with van der Waals surface area (Å²) in [4.78, 5) is 2.16. The van der Waals surface area contributed by atoms with E-state index in [2.05, 4.69) is 17.1 Å². The molecular weight excluding hydrogens is 311 g/mol. The van der Waals surface area contributed by atoms with Crippen LogP contribution >= 0.6 is 22.9 Å². The first kappa shape index (κ1) is 14.2. The molecule has 0 N–H and O–H groups in total. The molecule has 2 heterocycles. The van der Waals surface area contributed by atoms with Crippen molar-refractivity contribution in [3.63, 3.8) is 0 Å². The van der Waals surface area contributed by atoms with Crippen molar-refractivity contribution in [2.75, 3.05) is 0 Å². The van der Waals surface area contributed by atoms with E-state index in [-0.39, 0.29) is 16.5 Å². The zero-order valence-corrected chi connectivity index (χ0v) is 13.1. The lowest BCUT2D eigenvalue weighted by molar-refractivity contribution is 0.572. The van der Waals surface area contributed by atoms with Crippen molar-refractivity contribution in [2.45, 2.75) is 20.3 Å². The van der Waals surface area contributed by atoms with Gasteiger partial charge in [-0.3, -0.25) is 0 Å². The van der Waals surface area contributed by atoms with Crippen LogP contribution in [0, 0.1) is 12.7 Å². The molecule has 0 radical (unpaired) electrons. The highest BCUT2D eigenvalue weighted by Crippen LogP contribution is 2.34. The van der Waals surface area contributed by atoms with Gasteiger partial charge in [-0.05, 0) is 37.1 Å². The Kier molecular flexibility index (Phi) is 3.78. The van der Waals surface area contributed by atoms with Crippen LogP contribution in [-0.4, -0.2) is 10.2 Å². The minimum atomic E-state index is -0.477. The molecular formula is C15H12ClFN2OS. The van der Waals surface area contributed by atoms with Gasteiger partial charge in [-0.2, -0.15) is 0 Å². The topological polar surface area (TPSA) is 38.9 Å². The van der Waals surface area contributed by atoms with Gasteiger partial charge in [0.25, 0.3) is 11.8 Å². The standard InChI is InChI=1S/C15H12ClFN2OS/c1-3-11-8(2)7-12(21-11)14-18-19-15(20-14)13-9(16)5-4-6-10(13)17/h4-7H,3H2,1-2H3. The van der Waals surface area contributed by atoms with Crippen LogP contribution in [0.3, 0.4) is 0 Å². The van der Waals surface area contributed by atoms with Gasteiger partial charge in [-0.15, -0.1) is 21.5 Å². The second-order valence-corrected chi connectivity index (χ2v) is 6.12. The highest BCUT2D eigenvalue weighted by Gasteiger charge is 2.18. The van der Waals surface area contributed by atoms with Crippen LogP contribution < -0.4 is 0 Å². The first-order valence-corrected chi connectivity index (χ1v) is 7.67. The third-order valence-electron chi connectivity index (χ3n) is 3.15. The lowest BCUT2D eigenvalue weighted by atomic mass is 10.2. The SMILES string of the molecule is CCc1sc(-c2nnc(-c3c(F)cccc3Cl)o2)cc1C. The molecule has 0 atom stereocenters. The quantitative estimate of drug-likeness (QED) is 0.671. The minimum absolute atomic E-state index is 0.0946. The summed E-state index contributed by atoms with van der Waals surface area (Å²) >= 11 is 7.61. The zero-order chi connectivity index (χ0) is 15.0. The van der Waals surface area contributed by atoms with E-state index in [0.717, 1.165) is 11.3 Å². The van der Waals surface area contributed by atoms with Gasteiger partial charge in [0.1, 0.15) is 5.82 Å². The fraction of sp³-hybridized carbons (Fsp3) is 0.200. The molecule has 3 rings (SSSR count). The summed E-state index contributed by atoms with van der Waals surface area (Å²) in [5, 5.41) is 8.17. The smallest absolute Gasteiger partial charge is 0.258 e. The van der Waals surface area contributed by atoms with Crippen LogP contribution in [0.4, 0.5) is 4.39 Å². The fourth-order valence-corrected chi connectivity index (χ4v) is 3.38. The van der Waals surface area contributed by atoms with Crippen LogP contribution in [0.5, 0.6) is 0 Å². The van der Waals surface area contributed by atoms with Crippen molar-refractivity contribution < 1.29 is 8.81 Å². The molecule has 0 amide bonds.